The van der Waals surface area contributed by atoms with Crippen LogP contribution < -0.4 is 4.72 Å². The highest BCUT2D eigenvalue weighted by atomic mass is 32.2. The Morgan fingerprint density at radius 1 is 0.900 bits per heavy atom. The van der Waals surface area contributed by atoms with E-state index in [0.717, 1.165) is 44.9 Å². The summed E-state index contributed by atoms with van der Waals surface area (Å²) in [6.07, 6.45) is 7.61. The molecule has 4 heteroatoms. The van der Waals surface area contributed by atoms with E-state index in [2.05, 4.69) is 18.6 Å². The van der Waals surface area contributed by atoms with Crippen LogP contribution in [0.2, 0.25) is 0 Å². The van der Waals surface area contributed by atoms with Gasteiger partial charge in [0.05, 0.1) is 4.90 Å². The Morgan fingerprint density at radius 2 is 1.55 bits per heavy atom. The highest BCUT2D eigenvalue weighted by molar-refractivity contribution is 7.89. The number of rotatable bonds is 10. The second-order valence-corrected chi connectivity index (χ2v) is 6.97. The van der Waals surface area contributed by atoms with Gasteiger partial charge in [0.15, 0.2) is 0 Å². The Morgan fingerprint density at radius 3 is 2.15 bits per heavy atom. The SMILES string of the molecule is CCCCCCNS(=O)(=O)c1ccc(CCCC)cc1. The minimum absolute atomic E-state index is 0.369. The normalized spacial score (nSPS) is 11.7. The predicted molar refractivity (Wildman–Crippen MR) is 84.4 cm³/mol. The van der Waals surface area contributed by atoms with Crippen molar-refractivity contribution >= 4 is 10.0 Å². The van der Waals surface area contributed by atoms with E-state index in [1.807, 2.05) is 12.1 Å². The van der Waals surface area contributed by atoms with Crippen LogP contribution >= 0.6 is 0 Å². The minimum Gasteiger partial charge on any atom is -0.211 e. The Bertz CT molecular complexity index is 466. The van der Waals surface area contributed by atoms with E-state index in [-0.39, 0.29) is 0 Å². The van der Waals surface area contributed by atoms with Crippen molar-refractivity contribution in [1.82, 2.24) is 4.72 Å². The molecule has 0 atom stereocenters. The number of nitrogens with one attached hydrogen (secondary N) is 1. The minimum atomic E-state index is -3.33. The van der Waals surface area contributed by atoms with E-state index in [4.69, 9.17) is 0 Å². The quantitative estimate of drug-likeness (QED) is 0.666. The average Bonchev–Trinajstić information content (AvgIpc) is 2.45. The molecule has 0 bridgehead atoms. The van der Waals surface area contributed by atoms with Gasteiger partial charge in [-0.05, 0) is 37.0 Å². The van der Waals surface area contributed by atoms with E-state index in [9.17, 15) is 8.42 Å². The van der Waals surface area contributed by atoms with Gasteiger partial charge in [-0.15, -0.1) is 0 Å². The van der Waals surface area contributed by atoms with Crippen molar-refractivity contribution in [2.24, 2.45) is 0 Å². The molecule has 1 aromatic rings. The van der Waals surface area contributed by atoms with Gasteiger partial charge in [-0.25, -0.2) is 13.1 Å². The monoisotopic (exact) mass is 297 g/mol. The number of aryl methyl sites for hydroxylation is 1. The van der Waals surface area contributed by atoms with Gasteiger partial charge in [0.25, 0.3) is 0 Å². The molecule has 0 heterocycles. The third-order valence-electron chi connectivity index (χ3n) is 3.38. The first-order valence-electron chi connectivity index (χ1n) is 7.68. The van der Waals surface area contributed by atoms with Gasteiger partial charge in [-0.1, -0.05) is 51.7 Å². The van der Waals surface area contributed by atoms with Crippen molar-refractivity contribution in [3.05, 3.63) is 29.8 Å². The van der Waals surface area contributed by atoms with Gasteiger partial charge in [-0.2, -0.15) is 0 Å². The first-order chi connectivity index (χ1) is 9.60. The lowest BCUT2D eigenvalue weighted by molar-refractivity contribution is 0.573. The highest BCUT2D eigenvalue weighted by Gasteiger charge is 2.12. The largest absolute Gasteiger partial charge is 0.240 e. The van der Waals surface area contributed by atoms with E-state index >= 15 is 0 Å². The highest BCUT2D eigenvalue weighted by Crippen LogP contribution is 2.12. The fourth-order valence-corrected chi connectivity index (χ4v) is 3.13. The second kappa shape index (κ2) is 9.14. The Kier molecular flexibility index (Phi) is 7.85. The molecule has 0 aliphatic heterocycles. The Balaban J connectivity index is 2.50. The molecule has 1 rings (SSSR count). The summed E-state index contributed by atoms with van der Waals surface area (Å²) in [5.41, 5.74) is 1.20. The van der Waals surface area contributed by atoms with Crippen LogP contribution in [0, 0.1) is 0 Å². The summed E-state index contributed by atoms with van der Waals surface area (Å²) in [6.45, 7) is 4.82. The fraction of sp³-hybridized carbons (Fsp3) is 0.625. The van der Waals surface area contributed by atoms with Crippen LogP contribution in [-0.2, 0) is 16.4 Å². The lowest BCUT2D eigenvalue weighted by Crippen LogP contribution is -2.24. The number of unbranched alkanes of at least 4 members (excludes halogenated alkanes) is 4. The molecule has 1 aromatic carbocycles. The molecule has 0 fully saturated rings. The van der Waals surface area contributed by atoms with Gasteiger partial charge < -0.3 is 0 Å². The van der Waals surface area contributed by atoms with Crippen molar-refractivity contribution in [3.63, 3.8) is 0 Å². The molecule has 114 valence electrons. The van der Waals surface area contributed by atoms with Crippen molar-refractivity contribution in [1.29, 1.82) is 0 Å². The van der Waals surface area contributed by atoms with Gasteiger partial charge in [0.1, 0.15) is 0 Å². The summed E-state index contributed by atoms with van der Waals surface area (Å²) in [6, 6.07) is 7.25. The summed E-state index contributed by atoms with van der Waals surface area (Å²) in [7, 11) is -3.33. The average molecular weight is 297 g/mol. The van der Waals surface area contributed by atoms with Gasteiger partial charge in [0.2, 0.25) is 10.0 Å². The molecule has 0 saturated carbocycles. The van der Waals surface area contributed by atoms with Crippen molar-refractivity contribution < 1.29 is 8.42 Å². The van der Waals surface area contributed by atoms with E-state index < -0.39 is 10.0 Å². The molecule has 20 heavy (non-hydrogen) atoms. The number of hydrogen-bond donors (Lipinski definition) is 1. The molecule has 0 saturated heterocycles. The van der Waals surface area contributed by atoms with Gasteiger partial charge in [-0.3, -0.25) is 0 Å². The molecule has 0 unspecified atom stereocenters. The van der Waals surface area contributed by atoms with Crippen molar-refractivity contribution in [2.45, 2.75) is 63.7 Å². The molecular formula is C16H27NO2S. The molecule has 0 radical (unpaired) electrons. The smallest absolute Gasteiger partial charge is 0.211 e. The Hall–Kier alpha value is -0.870. The molecule has 0 aliphatic rings. The van der Waals surface area contributed by atoms with Crippen LogP contribution in [0.25, 0.3) is 0 Å². The van der Waals surface area contributed by atoms with E-state index in [1.54, 1.807) is 12.1 Å². The van der Waals surface area contributed by atoms with Crippen LogP contribution in [0.1, 0.15) is 57.9 Å². The maximum atomic E-state index is 12.1. The van der Waals surface area contributed by atoms with E-state index in [1.165, 1.54) is 5.56 Å². The standard InChI is InChI=1S/C16H27NO2S/c1-3-5-7-8-14-17-20(18,19)16-12-10-15(11-13-16)9-6-4-2/h10-13,17H,3-9,14H2,1-2H3. The maximum Gasteiger partial charge on any atom is 0.240 e. The fourth-order valence-electron chi connectivity index (χ4n) is 2.06. The summed E-state index contributed by atoms with van der Waals surface area (Å²) in [5.74, 6) is 0. The summed E-state index contributed by atoms with van der Waals surface area (Å²) < 4.78 is 26.8. The molecular weight excluding hydrogens is 270 g/mol. The van der Waals surface area contributed by atoms with E-state index in [0.29, 0.717) is 11.4 Å². The molecule has 1 N–H and O–H groups in total. The van der Waals surface area contributed by atoms with Crippen LogP contribution in [0.5, 0.6) is 0 Å². The zero-order chi connectivity index (χ0) is 14.8. The van der Waals surface area contributed by atoms with Crippen LogP contribution in [0.3, 0.4) is 0 Å². The first kappa shape index (κ1) is 17.2. The molecule has 3 nitrogen and oxygen atoms in total. The molecule has 0 aliphatic carbocycles. The number of benzene rings is 1. The predicted octanol–water partition coefficient (Wildman–Crippen LogP) is 3.89. The van der Waals surface area contributed by atoms with Crippen molar-refractivity contribution in [3.8, 4) is 0 Å². The van der Waals surface area contributed by atoms with Gasteiger partial charge >= 0.3 is 0 Å². The van der Waals surface area contributed by atoms with Crippen LogP contribution in [0.15, 0.2) is 29.2 Å². The van der Waals surface area contributed by atoms with Crippen LogP contribution in [0.4, 0.5) is 0 Å². The van der Waals surface area contributed by atoms with Crippen LogP contribution in [-0.4, -0.2) is 15.0 Å². The third kappa shape index (κ3) is 6.06. The molecule has 0 amide bonds. The summed E-state index contributed by atoms with van der Waals surface area (Å²) >= 11 is 0. The Labute approximate surface area is 123 Å². The topological polar surface area (TPSA) is 46.2 Å². The first-order valence-corrected chi connectivity index (χ1v) is 9.17. The number of sulfonamides is 1. The lowest BCUT2D eigenvalue weighted by atomic mass is 10.1. The lowest BCUT2D eigenvalue weighted by Gasteiger charge is -2.07. The van der Waals surface area contributed by atoms with Gasteiger partial charge in [0, 0.05) is 6.54 Å². The molecule has 0 spiro atoms. The zero-order valence-electron chi connectivity index (χ0n) is 12.7. The maximum absolute atomic E-state index is 12.1. The second-order valence-electron chi connectivity index (χ2n) is 5.21. The summed E-state index contributed by atoms with van der Waals surface area (Å²) in [5, 5.41) is 0. The summed E-state index contributed by atoms with van der Waals surface area (Å²) in [4.78, 5) is 0.369. The third-order valence-corrected chi connectivity index (χ3v) is 4.85. The molecule has 0 aromatic heterocycles. The number of hydrogen-bond acceptors (Lipinski definition) is 2. The zero-order valence-corrected chi connectivity index (χ0v) is 13.5. The van der Waals surface area contributed by atoms with Crippen molar-refractivity contribution in [2.75, 3.05) is 6.54 Å².